The minimum Gasteiger partial charge on any atom is -0.320 e. The van der Waals surface area contributed by atoms with E-state index < -0.39 is 17.7 Å². The molecular weight excluding hydrogens is 279 g/mol. The molecule has 2 rings (SSSR count). The topological polar surface area (TPSA) is 26.0 Å². The fourth-order valence-corrected chi connectivity index (χ4v) is 2.21. The number of halogens is 4. The number of hydrogen-bond donors (Lipinski definition) is 1. The molecule has 1 nitrogen and oxygen atoms in total. The van der Waals surface area contributed by atoms with E-state index in [1.807, 2.05) is 0 Å². The third kappa shape index (κ3) is 2.80. The predicted octanol–water partition coefficient (Wildman–Crippen LogP) is 4.32. The van der Waals surface area contributed by atoms with Crippen molar-refractivity contribution in [1.82, 2.24) is 0 Å². The Labute approximate surface area is 113 Å². The first-order chi connectivity index (χ1) is 8.47. The number of nitrogens with two attached hydrogens (primary N) is 1. The molecule has 1 unspecified atom stereocenters. The van der Waals surface area contributed by atoms with Crippen LogP contribution >= 0.6 is 23.2 Å². The van der Waals surface area contributed by atoms with Crippen LogP contribution in [-0.4, -0.2) is 0 Å². The Morgan fingerprint density at radius 1 is 0.944 bits per heavy atom. The van der Waals surface area contributed by atoms with Gasteiger partial charge in [0.2, 0.25) is 0 Å². The molecule has 0 fully saturated rings. The average molecular weight is 288 g/mol. The Balaban J connectivity index is 2.44. The maximum Gasteiger partial charge on any atom is 0.126 e. The van der Waals surface area contributed by atoms with Crippen molar-refractivity contribution in [2.75, 3.05) is 0 Å². The lowest BCUT2D eigenvalue weighted by Gasteiger charge is -2.14. The Bertz CT molecular complexity index is 567. The molecule has 0 saturated heterocycles. The van der Waals surface area contributed by atoms with Crippen LogP contribution in [0.15, 0.2) is 36.4 Å². The van der Waals surface area contributed by atoms with E-state index in [-0.39, 0.29) is 0 Å². The summed E-state index contributed by atoms with van der Waals surface area (Å²) in [6.07, 6.45) is 0. The van der Waals surface area contributed by atoms with Crippen molar-refractivity contribution in [3.8, 4) is 0 Å². The van der Waals surface area contributed by atoms with Crippen molar-refractivity contribution in [3.63, 3.8) is 0 Å². The lowest BCUT2D eigenvalue weighted by atomic mass is 9.99. The molecule has 0 heterocycles. The summed E-state index contributed by atoms with van der Waals surface area (Å²) in [5, 5.41) is 0.834. The van der Waals surface area contributed by atoms with E-state index in [4.69, 9.17) is 28.9 Å². The van der Waals surface area contributed by atoms with Crippen molar-refractivity contribution in [1.29, 1.82) is 0 Å². The average Bonchev–Trinajstić information content (AvgIpc) is 2.26. The third-order valence-corrected chi connectivity index (χ3v) is 3.10. The standard InChI is InChI=1S/C13H9Cl2F2N/c14-8-1-2-11(12(15)5-8)13(18)7-3-9(16)6-10(17)4-7/h1-6,13H,18H2. The molecule has 0 aromatic heterocycles. The van der Waals surface area contributed by atoms with Crippen molar-refractivity contribution < 1.29 is 8.78 Å². The van der Waals surface area contributed by atoms with Gasteiger partial charge in [0.05, 0.1) is 6.04 Å². The van der Waals surface area contributed by atoms with Gasteiger partial charge in [0.15, 0.2) is 0 Å². The van der Waals surface area contributed by atoms with E-state index in [1.54, 1.807) is 12.1 Å². The highest BCUT2D eigenvalue weighted by Gasteiger charge is 2.14. The van der Waals surface area contributed by atoms with Crippen LogP contribution in [0.4, 0.5) is 8.78 Å². The van der Waals surface area contributed by atoms with Gasteiger partial charge in [0.1, 0.15) is 11.6 Å². The fourth-order valence-electron chi connectivity index (χ4n) is 1.69. The molecule has 0 spiro atoms. The third-order valence-electron chi connectivity index (χ3n) is 2.54. The molecule has 5 heteroatoms. The number of benzene rings is 2. The molecule has 0 saturated carbocycles. The van der Waals surface area contributed by atoms with Crippen LogP contribution in [0.25, 0.3) is 0 Å². The van der Waals surface area contributed by atoms with E-state index in [0.717, 1.165) is 6.07 Å². The minimum atomic E-state index is -0.708. The molecule has 0 aliphatic heterocycles. The molecule has 0 bridgehead atoms. The SMILES string of the molecule is NC(c1cc(F)cc(F)c1)c1ccc(Cl)cc1Cl. The monoisotopic (exact) mass is 287 g/mol. The van der Waals surface area contributed by atoms with E-state index in [2.05, 4.69) is 0 Å². The molecule has 1 atom stereocenters. The van der Waals surface area contributed by atoms with Crippen LogP contribution < -0.4 is 5.73 Å². The van der Waals surface area contributed by atoms with Crippen LogP contribution in [-0.2, 0) is 0 Å². The van der Waals surface area contributed by atoms with Crippen LogP contribution in [0, 0.1) is 11.6 Å². The molecule has 0 amide bonds. The largest absolute Gasteiger partial charge is 0.320 e. The molecule has 0 aliphatic carbocycles. The quantitative estimate of drug-likeness (QED) is 0.875. The molecule has 0 radical (unpaired) electrons. The second kappa shape index (κ2) is 5.22. The number of hydrogen-bond acceptors (Lipinski definition) is 1. The van der Waals surface area contributed by atoms with Gasteiger partial charge in [0.25, 0.3) is 0 Å². The molecule has 2 aromatic rings. The highest BCUT2D eigenvalue weighted by molar-refractivity contribution is 6.35. The maximum absolute atomic E-state index is 13.1. The molecule has 0 aliphatic rings. The lowest BCUT2D eigenvalue weighted by Crippen LogP contribution is -2.13. The summed E-state index contributed by atoms with van der Waals surface area (Å²) >= 11 is 11.8. The Hall–Kier alpha value is -1.16. The van der Waals surface area contributed by atoms with Crippen molar-refractivity contribution >= 4 is 23.2 Å². The second-order valence-electron chi connectivity index (χ2n) is 3.85. The van der Waals surface area contributed by atoms with Crippen LogP contribution in [0.2, 0.25) is 10.0 Å². The number of rotatable bonds is 2. The van der Waals surface area contributed by atoms with Gasteiger partial charge < -0.3 is 5.73 Å². The maximum atomic E-state index is 13.1. The summed E-state index contributed by atoms with van der Waals surface area (Å²) in [6.45, 7) is 0. The summed E-state index contributed by atoms with van der Waals surface area (Å²) in [5.74, 6) is -1.35. The summed E-state index contributed by atoms with van der Waals surface area (Å²) in [6, 6.07) is 7.24. The smallest absolute Gasteiger partial charge is 0.126 e. The minimum absolute atomic E-state index is 0.316. The highest BCUT2D eigenvalue weighted by atomic mass is 35.5. The van der Waals surface area contributed by atoms with Gasteiger partial charge >= 0.3 is 0 Å². The summed E-state index contributed by atoms with van der Waals surface area (Å²) < 4.78 is 26.2. The molecule has 18 heavy (non-hydrogen) atoms. The Kier molecular flexibility index (Phi) is 3.85. The highest BCUT2D eigenvalue weighted by Crippen LogP contribution is 2.29. The van der Waals surface area contributed by atoms with Gasteiger partial charge in [-0.15, -0.1) is 0 Å². The van der Waals surface area contributed by atoms with E-state index >= 15 is 0 Å². The van der Waals surface area contributed by atoms with Gasteiger partial charge in [-0.05, 0) is 35.4 Å². The fraction of sp³-hybridized carbons (Fsp3) is 0.0769. The Morgan fingerprint density at radius 2 is 1.56 bits per heavy atom. The van der Waals surface area contributed by atoms with Crippen LogP contribution in [0.5, 0.6) is 0 Å². The van der Waals surface area contributed by atoms with Gasteiger partial charge in [-0.1, -0.05) is 29.3 Å². The molecule has 2 aromatic carbocycles. The van der Waals surface area contributed by atoms with Gasteiger partial charge in [0, 0.05) is 16.1 Å². The molecule has 94 valence electrons. The van der Waals surface area contributed by atoms with E-state index in [0.29, 0.717) is 21.2 Å². The van der Waals surface area contributed by atoms with Gasteiger partial charge in [-0.3, -0.25) is 0 Å². The zero-order valence-corrected chi connectivity index (χ0v) is 10.6. The first kappa shape index (κ1) is 13.3. The van der Waals surface area contributed by atoms with Crippen LogP contribution in [0.3, 0.4) is 0 Å². The normalized spacial score (nSPS) is 12.5. The first-order valence-corrected chi connectivity index (χ1v) is 5.89. The van der Waals surface area contributed by atoms with Gasteiger partial charge in [-0.25, -0.2) is 8.78 Å². The summed E-state index contributed by atoms with van der Waals surface area (Å²) in [4.78, 5) is 0. The predicted molar refractivity (Wildman–Crippen MR) is 68.9 cm³/mol. The first-order valence-electron chi connectivity index (χ1n) is 5.14. The summed E-state index contributed by atoms with van der Waals surface area (Å²) in [5.41, 5.74) is 6.82. The second-order valence-corrected chi connectivity index (χ2v) is 4.69. The Morgan fingerprint density at radius 3 is 2.11 bits per heavy atom. The van der Waals surface area contributed by atoms with Crippen molar-refractivity contribution in [3.05, 3.63) is 69.2 Å². The zero-order chi connectivity index (χ0) is 13.3. The van der Waals surface area contributed by atoms with Crippen molar-refractivity contribution in [2.24, 2.45) is 5.73 Å². The van der Waals surface area contributed by atoms with E-state index in [9.17, 15) is 8.78 Å². The van der Waals surface area contributed by atoms with Crippen molar-refractivity contribution in [2.45, 2.75) is 6.04 Å². The van der Waals surface area contributed by atoms with Gasteiger partial charge in [-0.2, -0.15) is 0 Å². The molecule has 2 N–H and O–H groups in total. The lowest BCUT2D eigenvalue weighted by molar-refractivity contribution is 0.577. The van der Waals surface area contributed by atoms with E-state index in [1.165, 1.54) is 18.2 Å². The van der Waals surface area contributed by atoms with Crippen LogP contribution in [0.1, 0.15) is 17.2 Å². The summed E-state index contributed by atoms with van der Waals surface area (Å²) in [7, 11) is 0. The molecular formula is C13H9Cl2F2N. The zero-order valence-electron chi connectivity index (χ0n) is 9.13.